The second kappa shape index (κ2) is 7.84. The lowest BCUT2D eigenvalue weighted by molar-refractivity contribution is -0.116. The van der Waals surface area contributed by atoms with Crippen LogP contribution >= 0.6 is 0 Å². The van der Waals surface area contributed by atoms with Crippen LogP contribution in [0, 0.1) is 5.92 Å². The summed E-state index contributed by atoms with van der Waals surface area (Å²) in [7, 11) is 1.62. The maximum Gasteiger partial charge on any atom is 0.244 e. The summed E-state index contributed by atoms with van der Waals surface area (Å²) >= 11 is 0. The molecule has 0 radical (unpaired) electrons. The Labute approximate surface area is 125 Å². The second-order valence-electron chi connectivity index (χ2n) is 5.53. The van der Waals surface area contributed by atoms with Crippen molar-refractivity contribution in [3.8, 4) is 5.75 Å². The van der Waals surface area contributed by atoms with Crippen molar-refractivity contribution in [1.29, 1.82) is 0 Å². The molecular weight excluding hydrogens is 266 g/mol. The van der Waals surface area contributed by atoms with Crippen molar-refractivity contribution in [1.82, 2.24) is 5.32 Å². The van der Waals surface area contributed by atoms with Gasteiger partial charge in [0.2, 0.25) is 5.91 Å². The molecule has 0 saturated heterocycles. The third kappa shape index (κ3) is 5.23. The lowest BCUT2D eigenvalue weighted by Crippen LogP contribution is -2.31. The lowest BCUT2D eigenvalue weighted by Gasteiger charge is -2.25. The fourth-order valence-electron chi connectivity index (χ4n) is 2.57. The van der Waals surface area contributed by atoms with E-state index in [1.807, 2.05) is 24.3 Å². The number of hydrogen-bond donors (Lipinski definition) is 2. The predicted molar refractivity (Wildman–Crippen MR) is 83.0 cm³/mol. The molecule has 2 N–H and O–H groups in total. The molecule has 0 aromatic heterocycles. The third-order valence-electron chi connectivity index (χ3n) is 3.90. The predicted octanol–water partition coefficient (Wildman–Crippen LogP) is 2.38. The van der Waals surface area contributed by atoms with Crippen LogP contribution in [0.25, 0.3) is 6.08 Å². The number of rotatable bonds is 5. The van der Waals surface area contributed by atoms with Crippen molar-refractivity contribution in [2.45, 2.75) is 31.8 Å². The van der Waals surface area contributed by atoms with E-state index in [1.54, 1.807) is 19.3 Å². The highest BCUT2D eigenvalue weighted by atomic mass is 16.5. The van der Waals surface area contributed by atoms with Gasteiger partial charge in [-0.1, -0.05) is 12.1 Å². The Hall–Kier alpha value is -1.81. The Morgan fingerprint density at radius 2 is 2.14 bits per heavy atom. The summed E-state index contributed by atoms with van der Waals surface area (Å²) in [4.78, 5) is 11.8. The quantitative estimate of drug-likeness (QED) is 0.818. The van der Waals surface area contributed by atoms with Crippen molar-refractivity contribution in [2.24, 2.45) is 5.92 Å². The van der Waals surface area contributed by atoms with Crippen LogP contribution in [-0.4, -0.2) is 30.8 Å². The van der Waals surface area contributed by atoms with Crippen LogP contribution in [0.3, 0.4) is 0 Å². The fourth-order valence-corrected chi connectivity index (χ4v) is 2.57. The first-order valence-corrected chi connectivity index (χ1v) is 7.45. The summed E-state index contributed by atoms with van der Waals surface area (Å²) in [5, 5.41) is 12.4. The number of carbonyl (C=O) groups is 1. The SMILES string of the molecule is COc1cccc(/C=C/C(=O)NCC2CCC(O)CC2)c1. The van der Waals surface area contributed by atoms with Gasteiger partial charge in [-0.2, -0.15) is 0 Å². The van der Waals surface area contributed by atoms with Gasteiger partial charge in [0.05, 0.1) is 13.2 Å². The molecule has 0 spiro atoms. The summed E-state index contributed by atoms with van der Waals surface area (Å²) in [6.07, 6.45) is 6.85. The Bertz CT molecular complexity index is 491. The molecule has 1 aliphatic carbocycles. The van der Waals surface area contributed by atoms with Crippen LogP contribution in [0.1, 0.15) is 31.2 Å². The van der Waals surface area contributed by atoms with Crippen molar-refractivity contribution in [3.63, 3.8) is 0 Å². The molecule has 1 fully saturated rings. The third-order valence-corrected chi connectivity index (χ3v) is 3.90. The zero-order chi connectivity index (χ0) is 15.1. The molecule has 1 saturated carbocycles. The van der Waals surface area contributed by atoms with Crippen LogP contribution < -0.4 is 10.1 Å². The monoisotopic (exact) mass is 289 g/mol. The molecule has 1 aromatic carbocycles. The Kier molecular flexibility index (Phi) is 5.81. The minimum atomic E-state index is -0.148. The van der Waals surface area contributed by atoms with Gasteiger partial charge < -0.3 is 15.2 Å². The first kappa shape index (κ1) is 15.6. The van der Waals surface area contributed by atoms with E-state index in [4.69, 9.17) is 4.74 Å². The first-order valence-electron chi connectivity index (χ1n) is 7.45. The Morgan fingerprint density at radius 3 is 2.86 bits per heavy atom. The summed E-state index contributed by atoms with van der Waals surface area (Å²) in [6, 6.07) is 7.57. The number of nitrogens with one attached hydrogen (secondary N) is 1. The van der Waals surface area contributed by atoms with E-state index < -0.39 is 0 Å². The molecule has 21 heavy (non-hydrogen) atoms. The molecule has 1 aliphatic rings. The Balaban J connectivity index is 1.77. The number of hydrogen-bond acceptors (Lipinski definition) is 3. The van der Waals surface area contributed by atoms with Crippen LogP contribution in [0.2, 0.25) is 0 Å². The standard InChI is InChI=1S/C17H23NO3/c1-21-16-4-2-3-13(11-16)7-10-17(20)18-12-14-5-8-15(19)9-6-14/h2-4,7,10-11,14-15,19H,5-6,8-9,12H2,1H3,(H,18,20)/b10-7+. The molecule has 0 aliphatic heterocycles. The van der Waals surface area contributed by atoms with E-state index >= 15 is 0 Å². The van der Waals surface area contributed by atoms with E-state index in [9.17, 15) is 9.90 Å². The van der Waals surface area contributed by atoms with Gasteiger partial charge in [0.25, 0.3) is 0 Å². The molecule has 0 atom stereocenters. The average molecular weight is 289 g/mol. The van der Waals surface area contributed by atoms with Gasteiger partial charge in [-0.3, -0.25) is 4.79 Å². The van der Waals surface area contributed by atoms with E-state index in [1.165, 1.54) is 0 Å². The second-order valence-corrected chi connectivity index (χ2v) is 5.53. The van der Waals surface area contributed by atoms with Crippen LogP contribution in [0.15, 0.2) is 30.3 Å². The summed E-state index contributed by atoms with van der Waals surface area (Å²) in [5.41, 5.74) is 0.935. The molecule has 4 nitrogen and oxygen atoms in total. The molecule has 1 aromatic rings. The van der Waals surface area contributed by atoms with Gasteiger partial charge in [0.15, 0.2) is 0 Å². The van der Waals surface area contributed by atoms with Crippen molar-refractivity contribution in [2.75, 3.05) is 13.7 Å². The lowest BCUT2D eigenvalue weighted by atomic mass is 9.87. The van der Waals surface area contributed by atoms with Crippen LogP contribution in [0.4, 0.5) is 0 Å². The smallest absolute Gasteiger partial charge is 0.244 e. The zero-order valence-electron chi connectivity index (χ0n) is 12.4. The van der Waals surface area contributed by atoms with Gasteiger partial charge in [-0.25, -0.2) is 0 Å². The van der Waals surface area contributed by atoms with Crippen molar-refractivity contribution < 1.29 is 14.6 Å². The van der Waals surface area contributed by atoms with E-state index in [0.717, 1.165) is 37.0 Å². The van der Waals surface area contributed by atoms with E-state index in [2.05, 4.69) is 5.32 Å². The van der Waals surface area contributed by atoms with E-state index in [-0.39, 0.29) is 12.0 Å². The van der Waals surface area contributed by atoms with Gasteiger partial charge in [0.1, 0.15) is 5.75 Å². The van der Waals surface area contributed by atoms with Gasteiger partial charge >= 0.3 is 0 Å². The summed E-state index contributed by atoms with van der Waals surface area (Å²) in [5.74, 6) is 1.19. The highest BCUT2D eigenvalue weighted by Crippen LogP contribution is 2.23. The number of amides is 1. The first-order chi connectivity index (χ1) is 10.2. The van der Waals surface area contributed by atoms with E-state index in [0.29, 0.717) is 12.5 Å². The van der Waals surface area contributed by atoms with Gasteiger partial charge in [0, 0.05) is 12.6 Å². The number of ether oxygens (including phenoxy) is 1. The van der Waals surface area contributed by atoms with Crippen molar-refractivity contribution in [3.05, 3.63) is 35.9 Å². The average Bonchev–Trinajstić information content (AvgIpc) is 2.52. The molecule has 0 unspecified atom stereocenters. The normalized spacial score (nSPS) is 22.2. The molecule has 114 valence electrons. The number of benzene rings is 1. The largest absolute Gasteiger partial charge is 0.497 e. The molecule has 0 heterocycles. The molecule has 1 amide bonds. The fraction of sp³-hybridized carbons (Fsp3) is 0.471. The zero-order valence-corrected chi connectivity index (χ0v) is 12.4. The molecule has 4 heteroatoms. The molecule has 0 bridgehead atoms. The highest BCUT2D eigenvalue weighted by Gasteiger charge is 2.19. The summed E-state index contributed by atoms with van der Waals surface area (Å²) in [6.45, 7) is 0.688. The van der Waals surface area contributed by atoms with Gasteiger partial charge in [-0.15, -0.1) is 0 Å². The minimum Gasteiger partial charge on any atom is -0.497 e. The maximum absolute atomic E-state index is 11.8. The maximum atomic E-state index is 11.8. The summed E-state index contributed by atoms with van der Waals surface area (Å²) < 4.78 is 5.14. The topological polar surface area (TPSA) is 58.6 Å². The van der Waals surface area contributed by atoms with Crippen molar-refractivity contribution >= 4 is 12.0 Å². The highest BCUT2D eigenvalue weighted by molar-refractivity contribution is 5.91. The number of aliphatic hydroxyl groups is 1. The van der Waals surface area contributed by atoms with Crippen LogP contribution in [-0.2, 0) is 4.79 Å². The minimum absolute atomic E-state index is 0.0797. The molecular formula is C17H23NO3. The number of aliphatic hydroxyl groups excluding tert-OH is 1. The number of carbonyl (C=O) groups excluding carboxylic acids is 1. The van der Waals surface area contributed by atoms with Gasteiger partial charge in [-0.05, 0) is 55.4 Å². The van der Waals surface area contributed by atoms with Crippen LogP contribution in [0.5, 0.6) is 5.75 Å². The number of methoxy groups -OCH3 is 1. The Morgan fingerprint density at radius 1 is 1.38 bits per heavy atom. The molecule has 2 rings (SSSR count).